The number of carboxylic acids is 1. The van der Waals surface area contributed by atoms with Crippen molar-refractivity contribution in [3.63, 3.8) is 0 Å². The van der Waals surface area contributed by atoms with E-state index in [0.717, 1.165) is 5.57 Å². The Kier molecular flexibility index (Phi) is 17.9. The van der Waals surface area contributed by atoms with Gasteiger partial charge in [0.05, 0.1) is 43.5 Å². The van der Waals surface area contributed by atoms with Crippen molar-refractivity contribution in [2.75, 3.05) is 19.8 Å². The fourth-order valence-electron chi connectivity index (χ4n) is 16.2. The number of carboxylic acid groups (broad SMARTS) is 1. The van der Waals surface area contributed by atoms with Gasteiger partial charge in [0.25, 0.3) is 0 Å². The Hall–Kier alpha value is -3.05. The number of hydrogen-bond donors (Lipinski definition) is 12. The predicted octanol–water partition coefficient (Wildman–Crippen LogP) is 0.263. The lowest BCUT2D eigenvalue weighted by atomic mass is 9.32. The van der Waals surface area contributed by atoms with Gasteiger partial charge in [0.2, 0.25) is 0 Å². The lowest BCUT2D eigenvalue weighted by molar-refractivity contribution is -0.386. The molecule has 0 aromatic heterocycles. The summed E-state index contributed by atoms with van der Waals surface area (Å²) in [7, 11) is 0. The second-order valence-electron chi connectivity index (χ2n) is 26.0. The van der Waals surface area contributed by atoms with E-state index in [9.17, 15) is 75.7 Å². The van der Waals surface area contributed by atoms with Crippen LogP contribution in [0.2, 0.25) is 0 Å². The molecule has 8 aliphatic rings. The molecule has 3 saturated heterocycles. The summed E-state index contributed by atoms with van der Waals surface area (Å²) in [6, 6.07) is 0. The number of carbonyl (C=O) groups is 3. The van der Waals surface area contributed by atoms with Gasteiger partial charge in [0.1, 0.15) is 67.1 Å². The SMILES string of the molecule is C/C=C(/C)C(=O)O[C@H]1[C@H](OC(=O)/C(C)=C\C)[C@]2(CO)[C@H](O)[C@H](O)[C@]3(C)C(=CC[C@@H]4[C@@]5(C)CC[C@H](O[C@@H]6O[C@H](C(=O)O)[C@@H](O)[C@H](O[C@@H]7O[C@@H](CO)[C@H](O)[C@H]7O)[C@H]6O[C@@H]6O[C@H](CO)[C@H](O)[C@H](O)[C@H]6O)C(C)(C)[C@@H]5CC[C@]43C)[C@@H]2CC1(C)C. The number of aliphatic hydroxyl groups is 11. The minimum atomic E-state index is -2.13. The number of hydrogen-bond acceptors (Lipinski definition) is 22. The number of rotatable bonds is 14. The summed E-state index contributed by atoms with van der Waals surface area (Å²) in [5.74, 6) is -4.01. The van der Waals surface area contributed by atoms with Crippen LogP contribution in [-0.2, 0) is 52.3 Å². The standard InChI is InChI=1S/C57H88O23/c1-12-24(3)47(71)79-44-45(80-48(72)25(4)13-2)57(23-60)27(20-52(44,5)6)26-14-15-31-54(9)18-17-32(53(7,8)30(54)16-19-55(31,10)56(26,11)42(67)43(57)68)75-51-41(78-50-37(65)35(63)33(61)28(21-58)73-50)39(38(66)40(77-51)46(69)70)76-49-36(64)34(62)29(22-59)74-49/h12-14,27-45,49-51,58-68H,15-23H2,1-11H3,(H,69,70)/b24-12-,25-13-/t27-,28+,29-,30-,31+,32-,33-,34-,35-,36+,37+,38-,39-,40-,41+,42-,43+,44-,45-,49-,50-,51+,54-,55+,56-,57-/m0/s1. The number of allylic oxidation sites excluding steroid dienone is 3. The van der Waals surface area contributed by atoms with Crippen LogP contribution in [0.25, 0.3) is 0 Å². The number of carbonyl (C=O) groups excluding carboxylic acids is 2. The molecule has 12 N–H and O–H groups in total. The third-order valence-electron chi connectivity index (χ3n) is 21.4. The van der Waals surface area contributed by atoms with Gasteiger partial charge in [0, 0.05) is 22.0 Å². The van der Waals surface area contributed by atoms with Gasteiger partial charge >= 0.3 is 17.9 Å². The van der Waals surface area contributed by atoms with Gasteiger partial charge in [-0.05, 0) is 100 Å². The van der Waals surface area contributed by atoms with Gasteiger partial charge in [0.15, 0.2) is 31.1 Å². The predicted molar refractivity (Wildman–Crippen MR) is 277 cm³/mol. The fraction of sp³-hybridized carbons (Fsp3) is 0.842. The lowest BCUT2D eigenvalue weighted by Gasteiger charge is -2.73. The molecule has 0 aromatic carbocycles. The van der Waals surface area contributed by atoms with Crippen LogP contribution < -0.4 is 0 Å². The largest absolute Gasteiger partial charge is 0.479 e. The highest BCUT2D eigenvalue weighted by molar-refractivity contribution is 5.89. The minimum Gasteiger partial charge on any atom is -0.479 e. The van der Waals surface area contributed by atoms with Crippen molar-refractivity contribution in [1.29, 1.82) is 0 Å². The number of esters is 2. The van der Waals surface area contributed by atoms with Crippen LogP contribution in [0.3, 0.4) is 0 Å². The molecule has 0 unspecified atom stereocenters. The highest BCUT2D eigenvalue weighted by Gasteiger charge is 2.76. The van der Waals surface area contributed by atoms with E-state index in [1.54, 1.807) is 39.8 Å². The molecule has 26 atom stereocenters. The first-order valence-corrected chi connectivity index (χ1v) is 28.1. The molecule has 80 heavy (non-hydrogen) atoms. The average Bonchev–Trinajstić information content (AvgIpc) is 3.81. The third-order valence-corrected chi connectivity index (χ3v) is 21.4. The molecule has 0 spiro atoms. The summed E-state index contributed by atoms with van der Waals surface area (Å²) in [6.45, 7) is 18.4. The smallest absolute Gasteiger partial charge is 0.335 e. The van der Waals surface area contributed by atoms with Gasteiger partial charge in [-0.2, -0.15) is 0 Å². The summed E-state index contributed by atoms with van der Waals surface area (Å²) in [5, 5.41) is 134. The van der Waals surface area contributed by atoms with E-state index in [-0.39, 0.29) is 23.8 Å². The Morgan fingerprint density at radius 1 is 0.637 bits per heavy atom. The summed E-state index contributed by atoms with van der Waals surface area (Å²) in [4.78, 5) is 40.3. The van der Waals surface area contributed by atoms with Crippen LogP contribution >= 0.6 is 0 Å². The third kappa shape index (κ3) is 9.76. The first-order chi connectivity index (χ1) is 37.3. The first kappa shape index (κ1) is 63.0. The van der Waals surface area contributed by atoms with E-state index in [2.05, 4.69) is 19.9 Å². The molecule has 7 fully saturated rings. The molecular weight excluding hydrogens is 1050 g/mol. The van der Waals surface area contributed by atoms with Gasteiger partial charge < -0.3 is 99.2 Å². The molecule has 5 aliphatic carbocycles. The van der Waals surface area contributed by atoms with Gasteiger partial charge in [-0.25, -0.2) is 14.4 Å². The maximum Gasteiger partial charge on any atom is 0.335 e. The van der Waals surface area contributed by atoms with E-state index in [1.807, 2.05) is 34.6 Å². The Balaban J connectivity index is 1.14. The molecule has 3 aliphatic heterocycles. The monoisotopic (exact) mass is 1140 g/mol. The van der Waals surface area contributed by atoms with Crippen LogP contribution in [-0.4, -0.2) is 216 Å². The zero-order chi connectivity index (χ0) is 59.3. The minimum absolute atomic E-state index is 0.153. The fourth-order valence-corrected chi connectivity index (χ4v) is 16.2. The van der Waals surface area contributed by atoms with Crippen LogP contribution in [0.4, 0.5) is 0 Å². The molecule has 0 radical (unpaired) electrons. The average molecular weight is 1140 g/mol. The summed E-state index contributed by atoms with van der Waals surface area (Å²) in [5.41, 5.74) is -4.40. The molecule has 454 valence electrons. The second-order valence-corrected chi connectivity index (χ2v) is 26.0. The molecule has 8 rings (SSSR count). The van der Waals surface area contributed by atoms with E-state index in [4.69, 9.17) is 37.9 Å². The Morgan fingerprint density at radius 2 is 1.18 bits per heavy atom. The molecule has 4 saturated carbocycles. The number of fused-ring (bicyclic) bond motifs is 7. The van der Waals surface area contributed by atoms with Gasteiger partial charge in [-0.1, -0.05) is 72.3 Å². The summed E-state index contributed by atoms with van der Waals surface area (Å²) >= 11 is 0. The van der Waals surface area contributed by atoms with Crippen molar-refractivity contribution >= 4 is 17.9 Å². The molecule has 0 aromatic rings. The molecule has 3 heterocycles. The van der Waals surface area contributed by atoms with Gasteiger partial charge in [-0.15, -0.1) is 0 Å². The number of aliphatic hydroxyl groups excluding tert-OH is 11. The topological polar surface area (TPSA) is 368 Å². The highest BCUT2D eigenvalue weighted by atomic mass is 16.8. The van der Waals surface area contributed by atoms with Crippen molar-refractivity contribution in [2.24, 2.45) is 50.2 Å². The van der Waals surface area contributed by atoms with Crippen molar-refractivity contribution < 1.29 is 114 Å². The second kappa shape index (κ2) is 22.7. The van der Waals surface area contributed by atoms with Gasteiger partial charge in [-0.3, -0.25) is 0 Å². The Bertz CT molecular complexity index is 2390. The highest BCUT2D eigenvalue weighted by Crippen LogP contribution is 2.76. The van der Waals surface area contributed by atoms with E-state index >= 15 is 0 Å². The zero-order valence-corrected chi connectivity index (χ0v) is 47.7. The normalized spacial score (nSPS) is 49.0. The van der Waals surface area contributed by atoms with Crippen molar-refractivity contribution in [2.45, 2.75) is 231 Å². The van der Waals surface area contributed by atoms with E-state index in [1.165, 1.54) is 0 Å². The first-order valence-electron chi connectivity index (χ1n) is 28.1. The Morgan fingerprint density at radius 3 is 1.71 bits per heavy atom. The van der Waals surface area contributed by atoms with Crippen LogP contribution in [0.1, 0.15) is 115 Å². The summed E-state index contributed by atoms with van der Waals surface area (Å²) in [6.07, 6.45) is -24.0. The lowest BCUT2D eigenvalue weighted by Crippen LogP contribution is -2.76. The van der Waals surface area contributed by atoms with E-state index in [0.29, 0.717) is 37.7 Å². The molecular formula is C57H88O23. The zero-order valence-electron chi connectivity index (χ0n) is 47.7. The Labute approximate surface area is 466 Å². The number of ether oxygens (including phenoxy) is 8. The van der Waals surface area contributed by atoms with E-state index < -0.39 is 193 Å². The van der Waals surface area contributed by atoms with Crippen molar-refractivity contribution in [1.82, 2.24) is 0 Å². The quantitative estimate of drug-likeness (QED) is 0.0480. The maximum atomic E-state index is 13.9. The molecule has 23 heteroatoms. The molecule has 23 nitrogen and oxygen atoms in total. The van der Waals surface area contributed by atoms with Crippen LogP contribution in [0, 0.1) is 50.2 Å². The van der Waals surface area contributed by atoms with Crippen LogP contribution in [0.5, 0.6) is 0 Å². The molecule has 0 bridgehead atoms. The summed E-state index contributed by atoms with van der Waals surface area (Å²) < 4.78 is 49.0. The van der Waals surface area contributed by atoms with Crippen LogP contribution in [0.15, 0.2) is 34.9 Å². The van der Waals surface area contributed by atoms with Crippen molar-refractivity contribution in [3.8, 4) is 0 Å². The molecule has 0 amide bonds. The maximum absolute atomic E-state index is 13.9. The number of aliphatic carboxylic acids is 1. The van der Waals surface area contributed by atoms with Crippen molar-refractivity contribution in [3.05, 3.63) is 34.9 Å².